The first kappa shape index (κ1) is 12.3. The Kier molecular flexibility index (Phi) is 3.94. The van der Waals surface area contributed by atoms with Crippen LogP contribution in [0.25, 0.3) is 0 Å². The number of nitrogens with zero attached hydrogens (tertiary/aromatic N) is 2. The van der Waals surface area contributed by atoms with E-state index in [1.165, 1.54) is 25.7 Å². The summed E-state index contributed by atoms with van der Waals surface area (Å²) in [6, 6.07) is 3.97. The maximum absolute atomic E-state index is 5.70. The first-order valence-corrected chi connectivity index (χ1v) is 6.55. The molecule has 0 spiro atoms. The summed E-state index contributed by atoms with van der Waals surface area (Å²) in [5, 5.41) is 0. The zero-order chi connectivity index (χ0) is 12.3. The van der Waals surface area contributed by atoms with E-state index in [9.17, 15) is 0 Å². The summed E-state index contributed by atoms with van der Waals surface area (Å²) in [5.41, 5.74) is 7.49. The summed E-state index contributed by atoms with van der Waals surface area (Å²) < 4.78 is 0. The van der Waals surface area contributed by atoms with Crippen molar-refractivity contribution in [3.63, 3.8) is 0 Å². The largest absolute Gasteiger partial charge is 0.388 e. The second kappa shape index (κ2) is 5.45. The van der Waals surface area contributed by atoms with Crippen molar-refractivity contribution in [1.29, 1.82) is 0 Å². The van der Waals surface area contributed by atoms with E-state index in [4.69, 9.17) is 18.0 Å². The van der Waals surface area contributed by atoms with Gasteiger partial charge in [0.1, 0.15) is 10.7 Å². The van der Waals surface area contributed by atoms with Crippen molar-refractivity contribution in [3.8, 4) is 0 Å². The Bertz CT molecular complexity index is 399. The Labute approximate surface area is 108 Å². The molecule has 0 radical (unpaired) electrons. The third-order valence-corrected chi connectivity index (χ3v) is 3.63. The maximum Gasteiger partial charge on any atom is 0.124 e. The molecule has 1 saturated carbocycles. The molecule has 1 fully saturated rings. The lowest BCUT2D eigenvalue weighted by Gasteiger charge is -2.24. The molecule has 2 rings (SSSR count). The van der Waals surface area contributed by atoms with Crippen LogP contribution in [0.15, 0.2) is 18.3 Å². The van der Waals surface area contributed by atoms with Gasteiger partial charge in [-0.2, -0.15) is 0 Å². The molecule has 2 N–H and O–H groups in total. The summed E-state index contributed by atoms with van der Waals surface area (Å²) in [6.07, 6.45) is 7.16. The average molecular weight is 249 g/mol. The topological polar surface area (TPSA) is 42.2 Å². The molecule has 0 saturated heterocycles. The summed E-state index contributed by atoms with van der Waals surface area (Å²) >= 11 is 5.04. The Morgan fingerprint density at radius 2 is 2.24 bits per heavy atom. The number of pyridine rings is 1. The van der Waals surface area contributed by atoms with Crippen LogP contribution in [0.2, 0.25) is 0 Å². The summed E-state index contributed by atoms with van der Waals surface area (Å²) in [5.74, 6) is 0.805. The highest BCUT2D eigenvalue weighted by atomic mass is 32.1. The molecular weight excluding hydrogens is 230 g/mol. The van der Waals surface area contributed by atoms with Crippen LogP contribution in [0, 0.1) is 5.92 Å². The minimum Gasteiger partial charge on any atom is -0.388 e. The molecular formula is C13H19N3S. The van der Waals surface area contributed by atoms with Gasteiger partial charge in [0.25, 0.3) is 0 Å². The fourth-order valence-electron chi connectivity index (χ4n) is 2.57. The standard InChI is InChI=1S/C13H19N3S/c1-16(9-10-5-2-3-6-10)11-7-4-8-15-12(11)13(14)17/h4,7-8,10H,2-3,5-6,9H2,1H3,(H2,14,17). The molecule has 0 aromatic carbocycles. The lowest BCUT2D eigenvalue weighted by Crippen LogP contribution is -2.27. The molecule has 0 amide bonds. The lowest BCUT2D eigenvalue weighted by molar-refractivity contribution is 0.547. The molecule has 0 aliphatic heterocycles. The minimum atomic E-state index is 0.374. The summed E-state index contributed by atoms with van der Waals surface area (Å²) in [4.78, 5) is 6.87. The quantitative estimate of drug-likeness (QED) is 0.832. The fraction of sp³-hybridized carbons (Fsp3) is 0.538. The van der Waals surface area contributed by atoms with Crippen LogP contribution in [0.1, 0.15) is 31.4 Å². The van der Waals surface area contributed by atoms with E-state index in [-0.39, 0.29) is 0 Å². The molecule has 0 unspecified atom stereocenters. The molecule has 1 heterocycles. The van der Waals surface area contributed by atoms with Crippen LogP contribution < -0.4 is 10.6 Å². The summed E-state index contributed by atoms with van der Waals surface area (Å²) in [6.45, 7) is 1.07. The second-order valence-electron chi connectivity index (χ2n) is 4.77. The van der Waals surface area contributed by atoms with Gasteiger partial charge in [-0.25, -0.2) is 0 Å². The van der Waals surface area contributed by atoms with Crippen molar-refractivity contribution in [2.75, 3.05) is 18.5 Å². The highest BCUT2D eigenvalue weighted by Gasteiger charge is 2.18. The van der Waals surface area contributed by atoms with Crippen molar-refractivity contribution < 1.29 is 0 Å². The van der Waals surface area contributed by atoms with Gasteiger partial charge >= 0.3 is 0 Å². The van der Waals surface area contributed by atoms with Crippen molar-refractivity contribution in [2.45, 2.75) is 25.7 Å². The Morgan fingerprint density at radius 1 is 1.53 bits per heavy atom. The predicted molar refractivity (Wildman–Crippen MR) is 75.4 cm³/mol. The summed E-state index contributed by atoms with van der Waals surface area (Å²) in [7, 11) is 2.09. The number of hydrogen-bond donors (Lipinski definition) is 1. The van der Waals surface area contributed by atoms with Crippen LogP contribution in [0.3, 0.4) is 0 Å². The van der Waals surface area contributed by atoms with Gasteiger partial charge in [-0.05, 0) is 30.9 Å². The van der Waals surface area contributed by atoms with E-state index in [0.717, 1.165) is 23.8 Å². The van der Waals surface area contributed by atoms with Crippen LogP contribution >= 0.6 is 12.2 Å². The first-order valence-electron chi connectivity index (χ1n) is 6.14. The highest BCUT2D eigenvalue weighted by molar-refractivity contribution is 7.80. The van der Waals surface area contributed by atoms with Crippen LogP contribution in [0.4, 0.5) is 5.69 Å². The van der Waals surface area contributed by atoms with E-state index in [1.807, 2.05) is 12.1 Å². The Balaban J connectivity index is 2.12. The molecule has 1 aromatic rings. The van der Waals surface area contributed by atoms with Gasteiger partial charge in [0.15, 0.2) is 0 Å². The third kappa shape index (κ3) is 2.94. The number of rotatable bonds is 4. The number of anilines is 1. The number of nitrogens with two attached hydrogens (primary N) is 1. The smallest absolute Gasteiger partial charge is 0.124 e. The molecule has 3 nitrogen and oxygen atoms in total. The Morgan fingerprint density at radius 3 is 2.88 bits per heavy atom. The highest BCUT2D eigenvalue weighted by Crippen LogP contribution is 2.27. The third-order valence-electron chi connectivity index (χ3n) is 3.44. The monoisotopic (exact) mass is 249 g/mol. The molecule has 1 aliphatic rings. The molecule has 1 aromatic heterocycles. The second-order valence-corrected chi connectivity index (χ2v) is 5.21. The van der Waals surface area contributed by atoms with Crippen molar-refractivity contribution >= 4 is 22.9 Å². The van der Waals surface area contributed by atoms with Crippen LogP contribution in [-0.4, -0.2) is 23.6 Å². The zero-order valence-electron chi connectivity index (χ0n) is 10.2. The van der Waals surface area contributed by atoms with Gasteiger partial charge in [0.2, 0.25) is 0 Å². The molecule has 0 bridgehead atoms. The Hall–Kier alpha value is -1.16. The number of thiocarbonyl (C=S) groups is 1. The van der Waals surface area contributed by atoms with Crippen LogP contribution in [-0.2, 0) is 0 Å². The normalized spacial score (nSPS) is 16.1. The SMILES string of the molecule is CN(CC1CCCC1)c1cccnc1C(N)=S. The molecule has 92 valence electrons. The zero-order valence-corrected chi connectivity index (χ0v) is 11.0. The van der Waals surface area contributed by atoms with Gasteiger partial charge < -0.3 is 10.6 Å². The predicted octanol–water partition coefficient (Wildman–Crippen LogP) is 2.34. The number of hydrogen-bond acceptors (Lipinski definition) is 3. The molecule has 1 aliphatic carbocycles. The minimum absolute atomic E-state index is 0.374. The van der Waals surface area contributed by atoms with Gasteiger partial charge in [0.05, 0.1) is 5.69 Å². The van der Waals surface area contributed by atoms with E-state index in [0.29, 0.717) is 4.99 Å². The van der Waals surface area contributed by atoms with E-state index < -0.39 is 0 Å². The molecule has 0 atom stereocenters. The lowest BCUT2D eigenvalue weighted by atomic mass is 10.1. The number of aromatic nitrogens is 1. The average Bonchev–Trinajstić information content (AvgIpc) is 2.81. The molecule has 17 heavy (non-hydrogen) atoms. The van der Waals surface area contributed by atoms with E-state index in [1.54, 1.807) is 6.20 Å². The van der Waals surface area contributed by atoms with Crippen LogP contribution in [0.5, 0.6) is 0 Å². The first-order chi connectivity index (χ1) is 8.18. The van der Waals surface area contributed by atoms with Gasteiger partial charge in [0, 0.05) is 19.8 Å². The fourth-order valence-corrected chi connectivity index (χ4v) is 2.73. The van der Waals surface area contributed by atoms with Gasteiger partial charge in [-0.1, -0.05) is 25.1 Å². The maximum atomic E-state index is 5.70. The van der Waals surface area contributed by atoms with Crippen molar-refractivity contribution in [2.24, 2.45) is 11.7 Å². The van der Waals surface area contributed by atoms with Gasteiger partial charge in [-0.3, -0.25) is 4.98 Å². The van der Waals surface area contributed by atoms with Gasteiger partial charge in [-0.15, -0.1) is 0 Å². The van der Waals surface area contributed by atoms with E-state index in [2.05, 4.69) is 16.9 Å². The molecule has 4 heteroatoms. The van der Waals surface area contributed by atoms with Crippen molar-refractivity contribution in [3.05, 3.63) is 24.0 Å². The van der Waals surface area contributed by atoms with E-state index >= 15 is 0 Å². The van der Waals surface area contributed by atoms with Crippen molar-refractivity contribution in [1.82, 2.24) is 4.98 Å².